The van der Waals surface area contributed by atoms with E-state index in [4.69, 9.17) is 5.73 Å². The second-order valence-corrected chi connectivity index (χ2v) is 4.60. The van der Waals surface area contributed by atoms with Gasteiger partial charge in [-0.15, -0.1) is 13.2 Å². The number of rotatable bonds is 3. The molecule has 0 radical (unpaired) electrons. The smallest absolute Gasteiger partial charge is 0.404 e. The van der Waals surface area contributed by atoms with Gasteiger partial charge in [-0.05, 0) is 31.5 Å². The molecule has 0 saturated heterocycles. The monoisotopic (exact) mass is 285 g/mol. The van der Waals surface area contributed by atoms with E-state index in [9.17, 15) is 13.2 Å². The van der Waals surface area contributed by atoms with Gasteiger partial charge in [-0.3, -0.25) is 4.68 Å². The lowest BCUT2D eigenvalue weighted by Crippen LogP contribution is -2.18. The third kappa shape index (κ3) is 3.23. The lowest BCUT2D eigenvalue weighted by atomic mass is 10.1. The maximum Gasteiger partial charge on any atom is 0.573 e. The average Bonchev–Trinajstić information content (AvgIpc) is 2.79. The van der Waals surface area contributed by atoms with Crippen molar-refractivity contribution in [1.29, 1.82) is 0 Å². The second-order valence-electron chi connectivity index (χ2n) is 4.60. The van der Waals surface area contributed by atoms with Gasteiger partial charge in [-0.2, -0.15) is 5.10 Å². The molecule has 0 aliphatic carbocycles. The SMILES string of the molecule is CC(C)n1cc(-c2ccc(N)c(OC(F)(F)F)c2)cn1. The zero-order chi connectivity index (χ0) is 14.9. The van der Waals surface area contributed by atoms with Crippen molar-refractivity contribution in [2.24, 2.45) is 0 Å². The van der Waals surface area contributed by atoms with E-state index in [-0.39, 0.29) is 11.7 Å². The van der Waals surface area contributed by atoms with Crippen molar-refractivity contribution in [3.05, 3.63) is 30.6 Å². The van der Waals surface area contributed by atoms with Crippen LogP contribution in [0.3, 0.4) is 0 Å². The molecule has 0 aliphatic rings. The number of nitrogen functional groups attached to an aromatic ring is 1. The van der Waals surface area contributed by atoms with Gasteiger partial charge in [0.05, 0.1) is 11.9 Å². The van der Waals surface area contributed by atoms with Crippen molar-refractivity contribution in [1.82, 2.24) is 9.78 Å². The normalized spacial score (nSPS) is 11.9. The Bertz CT molecular complexity index is 605. The molecule has 108 valence electrons. The Hall–Kier alpha value is -2.18. The van der Waals surface area contributed by atoms with Crippen LogP contribution in [0.15, 0.2) is 30.6 Å². The molecule has 4 nitrogen and oxygen atoms in total. The molecule has 0 unspecified atom stereocenters. The Morgan fingerprint density at radius 2 is 1.95 bits per heavy atom. The van der Waals surface area contributed by atoms with Gasteiger partial charge in [0.15, 0.2) is 5.75 Å². The number of benzene rings is 1. The fourth-order valence-corrected chi connectivity index (χ4v) is 1.70. The summed E-state index contributed by atoms with van der Waals surface area (Å²) in [7, 11) is 0. The summed E-state index contributed by atoms with van der Waals surface area (Å²) in [6.07, 6.45) is -1.43. The molecule has 0 aliphatic heterocycles. The zero-order valence-corrected chi connectivity index (χ0v) is 11.0. The molecule has 20 heavy (non-hydrogen) atoms. The first-order chi connectivity index (χ1) is 9.26. The highest BCUT2D eigenvalue weighted by Crippen LogP contribution is 2.32. The molecular weight excluding hydrogens is 271 g/mol. The molecule has 0 saturated carbocycles. The van der Waals surface area contributed by atoms with Gasteiger partial charge in [0.2, 0.25) is 0 Å². The van der Waals surface area contributed by atoms with E-state index in [1.807, 2.05) is 13.8 Å². The number of nitrogens with two attached hydrogens (primary N) is 1. The van der Waals surface area contributed by atoms with Crippen LogP contribution in [0.2, 0.25) is 0 Å². The Morgan fingerprint density at radius 3 is 2.50 bits per heavy atom. The van der Waals surface area contributed by atoms with E-state index in [1.54, 1.807) is 23.1 Å². The standard InChI is InChI=1S/C13H14F3N3O/c1-8(2)19-7-10(6-18-19)9-3-4-11(17)12(5-9)20-13(14,15)16/h3-8H,17H2,1-2H3. The molecule has 2 N–H and O–H groups in total. The van der Waals surface area contributed by atoms with Gasteiger partial charge in [-0.25, -0.2) is 0 Å². The van der Waals surface area contributed by atoms with Crippen LogP contribution in [0.25, 0.3) is 11.1 Å². The first-order valence-electron chi connectivity index (χ1n) is 5.96. The number of aromatic nitrogens is 2. The summed E-state index contributed by atoms with van der Waals surface area (Å²) in [5.41, 5.74) is 6.68. The van der Waals surface area contributed by atoms with Gasteiger partial charge >= 0.3 is 6.36 Å². The maximum absolute atomic E-state index is 12.3. The Labute approximate surface area is 114 Å². The van der Waals surface area contributed by atoms with E-state index >= 15 is 0 Å². The van der Waals surface area contributed by atoms with Crippen molar-refractivity contribution in [3.63, 3.8) is 0 Å². The first-order valence-corrected chi connectivity index (χ1v) is 5.96. The predicted octanol–water partition coefficient (Wildman–Crippen LogP) is 3.61. The van der Waals surface area contributed by atoms with Crippen molar-refractivity contribution >= 4 is 5.69 Å². The molecule has 2 aromatic rings. The molecule has 7 heteroatoms. The van der Waals surface area contributed by atoms with Gasteiger partial charge in [-0.1, -0.05) is 6.07 Å². The topological polar surface area (TPSA) is 53.1 Å². The summed E-state index contributed by atoms with van der Waals surface area (Å²) in [6, 6.07) is 4.43. The average molecular weight is 285 g/mol. The zero-order valence-electron chi connectivity index (χ0n) is 11.0. The summed E-state index contributed by atoms with van der Waals surface area (Å²) in [5.74, 6) is -0.410. The van der Waals surface area contributed by atoms with Crippen LogP contribution in [0.5, 0.6) is 5.75 Å². The van der Waals surface area contributed by atoms with Crippen molar-refractivity contribution < 1.29 is 17.9 Å². The largest absolute Gasteiger partial charge is 0.573 e. The molecule has 0 spiro atoms. The Balaban J connectivity index is 2.35. The predicted molar refractivity (Wildman–Crippen MR) is 69.1 cm³/mol. The van der Waals surface area contributed by atoms with Crippen molar-refractivity contribution in [2.45, 2.75) is 26.3 Å². The van der Waals surface area contributed by atoms with Crippen LogP contribution in [0, 0.1) is 0 Å². The van der Waals surface area contributed by atoms with E-state index in [0.29, 0.717) is 11.1 Å². The fourth-order valence-electron chi connectivity index (χ4n) is 1.70. The Kier molecular flexibility index (Phi) is 3.61. The number of ether oxygens (including phenoxy) is 1. The van der Waals surface area contributed by atoms with Gasteiger partial charge in [0.25, 0.3) is 0 Å². The van der Waals surface area contributed by atoms with E-state index in [2.05, 4.69) is 9.84 Å². The highest BCUT2D eigenvalue weighted by molar-refractivity contribution is 5.69. The van der Waals surface area contributed by atoms with E-state index in [0.717, 1.165) is 0 Å². The van der Waals surface area contributed by atoms with Crippen LogP contribution in [0.1, 0.15) is 19.9 Å². The molecule has 0 fully saturated rings. The van der Waals surface area contributed by atoms with E-state index in [1.165, 1.54) is 12.1 Å². The van der Waals surface area contributed by atoms with Crippen LogP contribution in [-0.2, 0) is 0 Å². The van der Waals surface area contributed by atoms with Gasteiger partial charge in [0.1, 0.15) is 0 Å². The third-order valence-electron chi connectivity index (χ3n) is 2.70. The van der Waals surface area contributed by atoms with Gasteiger partial charge in [0, 0.05) is 17.8 Å². The first kappa shape index (κ1) is 14.2. The third-order valence-corrected chi connectivity index (χ3v) is 2.70. The fraction of sp³-hybridized carbons (Fsp3) is 0.308. The molecule has 0 amide bonds. The summed E-state index contributed by atoms with van der Waals surface area (Å²) in [6.45, 7) is 3.91. The minimum absolute atomic E-state index is 0.0673. The highest BCUT2D eigenvalue weighted by atomic mass is 19.4. The number of hydrogen-bond acceptors (Lipinski definition) is 3. The van der Waals surface area contributed by atoms with E-state index < -0.39 is 12.1 Å². The minimum atomic E-state index is -4.77. The molecular formula is C13H14F3N3O. The molecule has 1 heterocycles. The number of halogens is 3. The lowest BCUT2D eigenvalue weighted by Gasteiger charge is -2.12. The number of nitrogens with zero attached hydrogens (tertiary/aromatic N) is 2. The van der Waals surface area contributed by atoms with Crippen LogP contribution < -0.4 is 10.5 Å². The number of anilines is 1. The van der Waals surface area contributed by atoms with Crippen molar-refractivity contribution in [3.8, 4) is 16.9 Å². The number of alkyl halides is 3. The van der Waals surface area contributed by atoms with Crippen LogP contribution >= 0.6 is 0 Å². The highest BCUT2D eigenvalue weighted by Gasteiger charge is 2.32. The summed E-state index contributed by atoms with van der Waals surface area (Å²) >= 11 is 0. The quantitative estimate of drug-likeness (QED) is 0.876. The lowest BCUT2D eigenvalue weighted by molar-refractivity contribution is -0.274. The summed E-state index contributed by atoms with van der Waals surface area (Å²) < 4.78 is 42.4. The summed E-state index contributed by atoms with van der Waals surface area (Å²) in [5, 5.41) is 4.14. The molecule has 0 bridgehead atoms. The van der Waals surface area contributed by atoms with Crippen LogP contribution in [0.4, 0.5) is 18.9 Å². The van der Waals surface area contributed by atoms with Gasteiger partial charge < -0.3 is 10.5 Å². The number of hydrogen-bond donors (Lipinski definition) is 1. The molecule has 1 aromatic heterocycles. The molecule has 2 rings (SSSR count). The van der Waals surface area contributed by atoms with Crippen LogP contribution in [-0.4, -0.2) is 16.1 Å². The molecule has 1 aromatic carbocycles. The second kappa shape index (κ2) is 5.07. The minimum Gasteiger partial charge on any atom is -0.404 e. The summed E-state index contributed by atoms with van der Waals surface area (Å²) in [4.78, 5) is 0. The van der Waals surface area contributed by atoms with Crippen molar-refractivity contribution in [2.75, 3.05) is 5.73 Å². The molecule has 0 atom stereocenters. The maximum atomic E-state index is 12.3. The Morgan fingerprint density at radius 1 is 1.25 bits per heavy atom.